The summed E-state index contributed by atoms with van der Waals surface area (Å²) in [7, 11) is 0. The van der Waals surface area contributed by atoms with Crippen molar-refractivity contribution in [3.8, 4) is 0 Å². The van der Waals surface area contributed by atoms with Gasteiger partial charge in [-0.3, -0.25) is 9.80 Å². The van der Waals surface area contributed by atoms with Crippen LogP contribution in [0, 0.1) is 0 Å². The molecule has 0 atom stereocenters. The molecule has 4 heteroatoms. The second-order valence-corrected chi connectivity index (χ2v) is 8.14. The Hall–Kier alpha value is -3.21. The molecular formula is C27H26N2O2. The van der Waals surface area contributed by atoms with E-state index in [0.717, 1.165) is 55.6 Å². The number of rotatable bonds is 5. The fraction of sp³-hybridized carbons (Fsp3) is 0.222. The second kappa shape index (κ2) is 8.88. The first-order valence-corrected chi connectivity index (χ1v) is 10.9. The Morgan fingerprint density at radius 1 is 0.839 bits per heavy atom. The van der Waals surface area contributed by atoms with Crippen molar-refractivity contribution in [2.45, 2.75) is 6.54 Å². The van der Waals surface area contributed by atoms with E-state index in [1.165, 1.54) is 10.9 Å². The maximum absolute atomic E-state index is 12.2. The molecule has 5 rings (SSSR count). The van der Waals surface area contributed by atoms with Crippen LogP contribution in [0.3, 0.4) is 0 Å². The molecule has 3 aromatic carbocycles. The van der Waals surface area contributed by atoms with Crippen molar-refractivity contribution in [2.75, 3.05) is 32.7 Å². The van der Waals surface area contributed by atoms with Crippen molar-refractivity contribution in [1.82, 2.24) is 9.80 Å². The summed E-state index contributed by atoms with van der Waals surface area (Å²) in [6.45, 7) is 5.77. The van der Waals surface area contributed by atoms with E-state index in [1.54, 1.807) is 6.07 Å². The largest absolute Gasteiger partial charge is 0.423 e. The van der Waals surface area contributed by atoms with Crippen molar-refractivity contribution in [3.63, 3.8) is 0 Å². The Labute approximate surface area is 182 Å². The van der Waals surface area contributed by atoms with E-state index in [0.29, 0.717) is 5.58 Å². The van der Waals surface area contributed by atoms with Gasteiger partial charge in [-0.1, -0.05) is 72.8 Å². The van der Waals surface area contributed by atoms with Gasteiger partial charge in [0.1, 0.15) is 5.58 Å². The molecule has 1 aliphatic rings. The number of benzene rings is 3. The lowest BCUT2D eigenvalue weighted by Gasteiger charge is -2.34. The van der Waals surface area contributed by atoms with Gasteiger partial charge in [0.15, 0.2) is 0 Å². The summed E-state index contributed by atoms with van der Waals surface area (Å²) >= 11 is 0. The first-order valence-electron chi connectivity index (χ1n) is 10.9. The third kappa shape index (κ3) is 4.46. The van der Waals surface area contributed by atoms with Crippen LogP contribution in [0.4, 0.5) is 0 Å². The van der Waals surface area contributed by atoms with Crippen LogP contribution < -0.4 is 5.63 Å². The minimum absolute atomic E-state index is 0.275. The molecule has 1 saturated heterocycles. The average molecular weight is 411 g/mol. The van der Waals surface area contributed by atoms with Crippen molar-refractivity contribution < 1.29 is 4.42 Å². The maximum atomic E-state index is 12.2. The minimum atomic E-state index is -0.275. The average Bonchev–Trinajstić information content (AvgIpc) is 2.80. The molecule has 1 aliphatic heterocycles. The van der Waals surface area contributed by atoms with Crippen LogP contribution in [0.25, 0.3) is 27.8 Å². The number of fused-ring (bicyclic) bond motifs is 3. The number of hydrogen-bond donors (Lipinski definition) is 0. The van der Waals surface area contributed by atoms with Gasteiger partial charge in [0.05, 0.1) is 0 Å². The molecule has 4 nitrogen and oxygen atoms in total. The standard InChI is InChI=1S/C27H26N2O2/c30-26-19-23(27-24-11-5-4-10-22(24)12-13-25(27)31-26)20-29-17-15-28(16-18-29)14-6-9-21-7-2-1-3-8-21/h1-13,19H,14-18,20H2. The predicted octanol–water partition coefficient (Wildman–Crippen LogP) is 4.78. The van der Waals surface area contributed by atoms with Crippen molar-refractivity contribution in [1.29, 1.82) is 0 Å². The normalized spacial score (nSPS) is 15.9. The highest BCUT2D eigenvalue weighted by Gasteiger charge is 2.18. The monoisotopic (exact) mass is 410 g/mol. The fourth-order valence-electron chi connectivity index (χ4n) is 4.42. The molecule has 2 heterocycles. The van der Waals surface area contributed by atoms with Gasteiger partial charge in [-0.15, -0.1) is 0 Å². The summed E-state index contributed by atoms with van der Waals surface area (Å²) in [5.41, 5.74) is 2.69. The molecule has 0 radical (unpaired) electrons. The van der Waals surface area contributed by atoms with E-state index in [4.69, 9.17) is 4.42 Å². The Morgan fingerprint density at radius 3 is 2.42 bits per heavy atom. The fourth-order valence-corrected chi connectivity index (χ4v) is 4.42. The topological polar surface area (TPSA) is 36.7 Å². The van der Waals surface area contributed by atoms with E-state index in [2.05, 4.69) is 58.4 Å². The van der Waals surface area contributed by atoms with Crippen LogP contribution in [-0.2, 0) is 6.54 Å². The molecule has 0 N–H and O–H groups in total. The summed E-state index contributed by atoms with van der Waals surface area (Å²) in [6, 6.07) is 24.3. The molecule has 4 aromatic rings. The van der Waals surface area contributed by atoms with Crippen LogP contribution in [-0.4, -0.2) is 42.5 Å². The molecule has 1 aromatic heterocycles. The molecule has 0 aliphatic carbocycles. The summed E-state index contributed by atoms with van der Waals surface area (Å²) < 4.78 is 5.51. The Kier molecular flexibility index (Phi) is 5.65. The van der Waals surface area contributed by atoms with Gasteiger partial charge in [-0.25, -0.2) is 4.79 Å². The number of nitrogens with zero attached hydrogens (tertiary/aromatic N) is 2. The second-order valence-electron chi connectivity index (χ2n) is 8.14. The highest BCUT2D eigenvalue weighted by Crippen LogP contribution is 2.28. The Balaban J connectivity index is 1.29. The first-order chi connectivity index (χ1) is 15.3. The van der Waals surface area contributed by atoms with Gasteiger partial charge in [0, 0.05) is 50.7 Å². The summed E-state index contributed by atoms with van der Waals surface area (Å²) in [5.74, 6) is 0. The lowest BCUT2D eigenvalue weighted by molar-refractivity contribution is 0.137. The number of hydrogen-bond acceptors (Lipinski definition) is 4. The van der Waals surface area contributed by atoms with E-state index in [-0.39, 0.29) is 5.63 Å². The maximum Gasteiger partial charge on any atom is 0.336 e. The van der Waals surface area contributed by atoms with E-state index < -0.39 is 0 Å². The van der Waals surface area contributed by atoms with Crippen LogP contribution in [0.15, 0.2) is 88.1 Å². The molecular weight excluding hydrogens is 384 g/mol. The van der Waals surface area contributed by atoms with Gasteiger partial charge in [-0.2, -0.15) is 0 Å². The summed E-state index contributed by atoms with van der Waals surface area (Å²) in [5, 5.41) is 3.37. The molecule has 156 valence electrons. The highest BCUT2D eigenvalue weighted by molar-refractivity contribution is 6.07. The van der Waals surface area contributed by atoms with Crippen LogP contribution in [0.5, 0.6) is 0 Å². The lowest BCUT2D eigenvalue weighted by Crippen LogP contribution is -2.45. The van der Waals surface area contributed by atoms with Crippen LogP contribution >= 0.6 is 0 Å². The quantitative estimate of drug-likeness (QED) is 0.351. The zero-order chi connectivity index (χ0) is 21.0. The van der Waals surface area contributed by atoms with Crippen LogP contribution in [0.2, 0.25) is 0 Å². The van der Waals surface area contributed by atoms with Gasteiger partial charge in [0.2, 0.25) is 0 Å². The van der Waals surface area contributed by atoms with E-state index in [9.17, 15) is 4.79 Å². The van der Waals surface area contributed by atoms with Gasteiger partial charge >= 0.3 is 5.63 Å². The third-order valence-electron chi connectivity index (χ3n) is 6.05. The minimum Gasteiger partial charge on any atom is -0.423 e. The molecule has 0 unspecified atom stereocenters. The van der Waals surface area contributed by atoms with Gasteiger partial charge in [-0.05, 0) is 28.0 Å². The van der Waals surface area contributed by atoms with E-state index >= 15 is 0 Å². The van der Waals surface area contributed by atoms with E-state index in [1.807, 2.05) is 30.3 Å². The van der Waals surface area contributed by atoms with Crippen molar-refractivity contribution in [2.24, 2.45) is 0 Å². The molecule has 0 amide bonds. The molecule has 1 fully saturated rings. The molecule has 0 spiro atoms. The molecule has 0 saturated carbocycles. The molecule has 0 bridgehead atoms. The zero-order valence-corrected chi connectivity index (χ0v) is 17.5. The highest BCUT2D eigenvalue weighted by atomic mass is 16.4. The Bertz CT molecular complexity index is 1270. The van der Waals surface area contributed by atoms with Gasteiger partial charge in [0.25, 0.3) is 0 Å². The van der Waals surface area contributed by atoms with Crippen molar-refractivity contribution >= 4 is 27.8 Å². The summed E-state index contributed by atoms with van der Waals surface area (Å²) in [6.07, 6.45) is 4.43. The predicted molar refractivity (Wildman–Crippen MR) is 127 cm³/mol. The SMILES string of the molecule is O=c1cc(CN2CCN(CC=Cc3ccccc3)CC2)c2c(ccc3ccccc32)o1. The van der Waals surface area contributed by atoms with Crippen molar-refractivity contribution in [3.05, 3.63) is 100 Å². The third-order valence-corrected chi connectivity index (χ3v) is 6.05. The van der Waals surface area contributed by atoms with Crippen LogP contribution in [0.1, 0.15) is 11.1 Å². The summed E-state index contributed by atoms with van der Waals surface area (Å²) in [4.78, 5) is 17.1. The smallest absolute Gasteiger partial charge is 0.336 e. The first kappa shape index (κ1) is 19.7. The number of piperazine rings is 1. The zero-order valence-electron chi connectivity index (χ0n) is 17.5. The Morgan fingerprint density at radius 2 is 1.58 bits per heavy atom. The van der Waals surface area contributed by atoms with Gasteiger partial charge < -0.3 is 4.42 Å². The molecule has 31 heavy (non-hydrogen) atoms. The lowest BCUT2D eigenvalue weighted by atomic mass is 10.0.